The quantitative estimate of drug-likeness (QED) is 0.281. The first kappa shape index (κ1) is 24.9. The molecular weight excluding hydrogens is 474 g/mol. The van der Waals surface area contributed by atoms with Crippen molar-refractivity contribution in [2.75, 3.05) is 19.8 Å². The lowest BCUT2D eigenvalue weighted by Gasteiger charge is -2.23. The smallest absolute Gasteiger partial charge is 0.348 e. The van der Waals surface area contributed by atoms with Crippen molar-refractivity contribution in [3.8, 4) is 0 Å². The number of carbonyl (C=O) groups excluding carboxylic acids is 1. The maximum absolute atomic E-state index is 12.8. The number of aliphatic hydroxyl groups excluding tert-OH is 1. The van der Waals surface area contributed by atoms with Gasteiger partial charge in [-0.05, 0) is 43.7 Å². The highest BCUT2D eigenvalue weighted by atomic mass is 32.1. The van der Waals surface area contributed by atoms with Crippen LogP contribution in [-0.4, -0.2) is 51.8 Å². The zero-order chi connectivity index (χ0) is 24.8. The van der Waals surface area contributed by atoms with Gasteiger partial charge in [-0.1, -0.05) is 0 Å². The number of thiophene rings is 1. The minimum Gasteiger partial charge on any atom is -0.468 e. The Hall–Kier alpha value is -3.25. The number of H-pyrrole nitrogens is 1. The lowest BCUT2D eigenvalue weighted by molar-refractivity contribution is 0.00125. The monoisotopic (exact) mass is 501 g/mol. The van der Waals surface area contributed by atoms with Gasteiger partial charge in [0.15, 0.2) is 0 Å². The number of fused-ring (bicyclic) bond motifs is 1. The minimum absolute atomic E-state index is 0.103. The van der Waals surface area contributed by atoms with Crippen molar-refractivity contribution in [2.24, 2.45) is 0 Å². The van der Waals surface area contributed by atoms with Crippen molar-refractivity contribution in [3.63, 3.8) is 0 Å². The Kier molecular flexibility index (Phi) is 8.13. The van der Waals surface area contributed by atoms with Crippen molar-refractivity contribution in [3.05, 3.63) is 74.9 Å². The molecule has 0 aliphatic carbocycles. The highest BCUT2D eigenvalue weighted by molar-refractivity contribution is 7.20. The zero-order valence-corrected chi connectivity index (χ0v) is 20.3. The molecule has 0 aromatic carbocycles. The van der Waals surface area contributed by atoms with E-state index >= 15 is 0 Å². The van der Waals surface area contributed by atoms with Crippen molar-refractivity contribution < 1.29 is 28.2 Å². The van der Waals surface area contributed by atoms with E-state index in [1.54, 1.807) is 44.6 Å². The average Bonchev–Trinajstić information content (AvgIpc) is 3.56. The SMILES string of the molecule is CCOC(=O)c1sc2nc(CN(Cc3ccco3)C[C@H](O)COCc3ccco3)[nH]c(=O)c2c1C. The van der Waals surface area contributed by atoms with E-state index in [-0.39, 0.29) is 38.5 Å². The molecule has 2 N–H and O–H groups in total. The Morgan fingerprint density at radius 3 is 2.66 bits per heavy atom. The van der Waals surface area contributed by atoms with Gasteiger partial charge in [-0.15, -0.1) is 11.3 Å². The van der Waals surface area contributed by atoms with Crippen LogP contribution in [-0.2, 0) is 29.2 Å². The lowest BCUT2D eigenvalue weighted by Crippen LogP contribution is -2.35. The number of rotatable bonds is 12. The van der Waals surface area contributed by atoms with E-state index in [2.05, 4.69) is 9.97 Å². The molecule has 1 atom stereocenters. The molecule has 4 aromatic rings. The molecule has 186 valence electrons. The van der Waals surface area contributed by atoms with Crippen LogP contribution in [0.3, 0.4) is 0 Å². The van der Waals surface area contributed by atoms with Gasteiger partial charge in [0.05, 0.1) is 50.3 Å². The Balaban J connectivity index is 1.49. The molecule has 11 heteroatoms. The molecule has 0 spiro atoms. The van der Waals surface area contributed by atoms with Crippen molar-refractivity contribution in [1.82, 2.24) is 14.9 Å². The third kappa shape index (κ3) is 6.25. The van der Waals surface area contributed by atoms with Gasteiger partial charge in [-0.25, -0.2) is 9.78 Å². The summed E-state index contributed by atoms with van der Waals surface area (Å²) < 4.78 is 21.3. The molecule has 0 saturated heterocycles. The Bertz CT molecular complexity index is 1290. The van der Waals surface area contributed by atoms with Crippen LogP contribution in [0.1, 0.15) is 39.5 Å². The molecule has 0 unspecified atom stereocenters. The summed E-state index contributed by atoms with van der Waals surface area (Å²) in [5, 5.41) is 10.9. The molecule has 4 rings (SSSR count). The van der Waals surface area contributed by atoms with E-state index < -0.39 is 12.1 Å². The van der Waals surface area contributed by atoms with E-state index in [9.17, 15) is 14.7 Å². The predicted molar refractivity (Wildman–Crippen MR) is 128 cm³/mol. The summed E-state index contributed by atoms with van der Waals surface area (Å²) >= 11 is 1.14. The number of ether oxygens (including phenoxy) is 2. The van der Waals surface area contributed by atoms with Crippen LogP contribution in [0.2, 0.25) is 0 Å². The Morgan fingerprint density at radius 2 is 1.97 bits per heavy atom. The number of nitrogens with zero attached hydrogens (tertiary/aromatic N) is 2. The number of aryl methyl sites for hydroxylation is 1. The lowest BCUT2D eigenvalue weighted by atomic mass is 10.2. The first-order valence-electron chi connectivity index (χ1n) is 11.2. The molecule has 0 amide bonds. The van der Waals surface area contributed by atoms with E-state index in [0.29, 0.717) is 44.5 Å². The van der Waals surface area contributed by atoms with E-state index in [4.69, 9.17) is 18.3 Å². The third-order valence-electron chi connectivity index (χ3n) is 5.25. The summed E-state index contributed by atoms with van der Waals surface area (Å²) in [6, 6.07) is 7.19. The summed E-state index contributed by atoms with van der Waals surface area (Å²) in [6.45, 7) is 4.93. The van der Waals surface area contributed by atoms with E-state index in [1.165, 1.54) is 0 Å². The molecule has 0 radical (unpaired) electrons. The summed E-state index contributed by atoms with van der Waals surface area (Å²) in [5.41, 5.74) is 0.231. The standard InChI is InChI=1S/C24H27N3O7S/c1-3-32-24(30)21-15(2)20-22(29)25-19(26-23(20)35-21)12-27(11-17-6-4-8-33-17)10-16(28)13-31-14-18-7-5-9-34-18/h4-9,16,28H,3,10-14H2,1-2H3,(H,25,26,29)/t16-/m0/s1. The predicted octanol–water partition coefficient (Wildman–Crippen LogP) is 3.24. The molecule has 0 bridgehead atoms. The highest BCUT2D eigenvalue weighted by Crippen LogP contribution is 2.27. The number of esters is 1. The first-order valence-corrected chi connectivity index (χ1v) is 12.0. The normalized spacial score (nSPS) is 12.5. The molecule has 4 heterocycles. The van der Waals surface area contributed by atoms with Crippen molar-refractivity contribution in [1.29, 1.82) is 0 Å². The molecule has 0 aliphatic rings. The second-order valence-electron chi connectivity index (χ2n) is 7.97. The Labute approximate surface area is 205 Å². The summed E-state index contributed by atoms with van der Waals surface area (Å²) in [4.78, 5) is 35.2. The average molecular weight is 502 g/mol. The zero-order valence-electron chi connectivity index (χ0n) is 19.5. The van der Waals surface area contributed by atoms with E-state index in [0.717, 1.165) is 11.3 Å². The van der Waals surface area contributed by atoms with E-state index in [1.807, 2.05) is 11.0 Å². The number of aliphatic hydroxyl groups is 1. The number of hydrogen-bond donors (Lipinski definition) is 2. The largest absolute Gasteiger partial charge is 0.468 e. The van der Waals surface area contributed by atoms with Gasteiger partial charge in [0.2, 0.25) is 0 Å². The number of aromatic amines is 1. The summed E-state index contributed by atoms with van der Waals surface area (Å²) in [7, 11) is 0. The van der Waals surface area contributed by atoms with Gasteiger partial charge < -0.3 is 28.4 Å². The molecule has 35 heavy (non-hydrogen) atoms. The number of hydrogen-bond acceptors (Lipinski definition) is 10. The molecule has 0 aliphatic heterocycles. The van der Waals surface area contributed by atoms with Crippen LogP contribution in [0.25, 0.3) is 10.2 Å². The van der Waals surface area contributed by atoms with Gasteiger partial charge in [-0.2, -0.15) is 0 Å². The van der Waals surface area contributed by atoms with Gasteiger partial charge in [0.25, 0.3) is 5.56 Å². The summed E-state index contributed by atoms with van der Waals surface area (Å²) in [6.07, 6.45) is 2.35. The van der Waals surface area contributed by atoms with Gasteiger partial charge in [-0.3, -0.25) is 9.69 Å². The van der Waals surface area contributed by atoms with Crippen LogP contribution in [0.4, 0.5) is 0 Å². The molecule has 0 fully saturated rings. The Morgan fingerprint density at radius 1 is 1.23 bits per heavy atom. The first-order chi connectivity index (χ1) is 16.9. The number of furan rings is 2. The van der Waals surface area contributed by atoms with Crippen LogP contribution >= 0.6 is 11.3 Å². The fourth-order valence-electron chi connectivity index (χ4n) is 3.72. The maximum Gasteiger partial charge on any atom is 0.348 e. The van der Waals surface area contributed by atoms with Crippen LogP contribution in [0.5, 0.6) is 0 Å². The fraction of sp³-hybridized carbons (Fsp3) is 0.375. The molecule has 4 aromatic heterocycles. The highest BCUT2D eigenvalue weighted by Gasteiger charge is 2.21. The van der Waals surface area contributed by atoms with Crippen molar-refractivity contribution in [2.45, 2.75) is 39.6 Å². The van der Waals surface area contributed by atoms with Crippen LogP contribution in [0, 0.1) is 6.92 Å². The molecular formula is C24H27N3O7S. The number of carbonyl (C=O) groups is 1. The number of aromatic nitrogens is 2. The van der Waals surface area contributed by atoms with Crippen LogP contribution in [0.15, 0.2) is 50.4 Å². The molecule has 0 saturated carbocycles. The second kappa shape index (κ2) is 11.5. The second-order valence-corrected chi connectivity index (χ2v) is 8.97. The van der Waals surface area contributed by atoms with Gasteiger partial charge in [0, 0.05) is 6.54 Å². The third-order valence-corrected chi connectivity index (χ3v) is 6.41. The minimum atomic E-state index is -0.797. The topological polar surface area (TPSA) is 131 Å². The van der Waals surface area contributed by atoms with Crippen molar-refractivity contribution >= 4 is 27.5 Å². The van der Waals surface area contributed by atoms with Gasteiger partial charge in [0.1, 0.15) is 33.7 Å². The van der Waals surface area contributed by atoms with Gasteiger partial charge >= 0.3 is 5.97 Å². The fourth-order valence-corrected chi connectivity index (χ4v) is 4.81. The van der Waals surface area contributed by atoms with Crippen LogP contribution < -0.4 is 5.56 Å². The summed E-state index contributed by atoms with van der Waals surface area (Å²) in [5.74, 6) is 1.32. The molecule has 10 nitrogen and oxygen atoms in total. The number of nitrogens with one attached hydrogen (secondary N) is 1. The maximum atomic E-state index is 12.8.